The van der Waals surface area contributed by atoms with Crippen LogP contribution in [0.5, 0.6) is 0 Å². The van der Waals surface area contributed by atoms with Gasteiger partial charge in [0.15, 0.2) is 0 Å². The van der Waals surface area contributed by atoms with Crippen LogP contribution >= 0.6 is 0 Å². The molecule has 0 aliphatic carbocycles. The summed E-state index contributed by atoms with van der Waals surface area (Å²) >= 11 is 0. The Labute approximate surface area is 153 Å². The van der Waals surface area contributed by atoms with Crippen LogP contribution in [0.1, 0.15) is 5.56 Å². The molecule has 0 heterocycles. The van der Waals surface area contributed by atoms with E-state index in [2.05, 4.69) is 45.4 Å². The normalized spacial score (nSPS) is 11.4. The van der Waals surface area contributed by atoms with Gasteiger partial charge in [0.2, 0.25) is 0 Å². The molecule has 0 saturated carbocycles. The molecule has 0 saturated heterocycles. The number of halogens is 3. The third kappa shape index (κ3) is 8.44. The number of hydrogen-bond donors (Lipinski definition) is 0. The minimum absolute atomic E-state index is 0. The van der Waals surface area contributed by atoms with E-state index in [1.54, 1.807) is 6.07 Å². The maximum atomic E-state index is 12.3. The van der Waals surface area contributed by atoms with Crippen LogP contribution in [0.15, 0.2) is 54.6 Å². The second-order valence-electron chi connectivity index (χ2n) is 7.41. The molecule has 2 rings (SSSR count). The third-order valence-electron chi connectivity index (χ3n) is 3.48. The van der Waals surface area contributed by atoms with Crippen LogP contribution in [0.25, 0.3) is 0 Å². The lowest BCUT2D eigenvalue weighted by atomic mass is 10.2. The Morgan fingerprint density at radius 3 is 1.38 bits per heavy atom. The van der Waals surface area contributed by atoms with Crippen molar-refractivity contribution < 1.29 is 24.1 Å². The first-order valence-corrected chi connectivity index (χ1v) is 7.68. The van der Waals surface area contributed by atoms with E-state index in [1.165, 1.54) is 17.8 Å². The summed E-state index contributed by atoms with van der Waals surface area (Å²) in [5.41, 5.74) is 1.38. The summed E-state index contributed by atoms with van der Waals surface area (Å²) in [6.45, 7) is 0. The van der Waals surface area contributed by atoms with Gasteiger partial charge in [-0.2, -0.15) is 13.2 Å². The minimum Gasteiger partial charge on any atom is -0.870 e. The van der Waals surface area contributed by atoms with Gasteiger partial charge >= 0.3 is 6.18 Å². The van der Waals surface area contributed by atoms with Gasteiger partial charge in [-0.05, 0) is 24.3 Å². The van der Waals surface area contributed by atoms with E-state index in [1.807, 2.05) is 27.2 Å². The van der Waals surface area contributed by atoms with Crippen LogP contribution in [0, 0.1) is 0 Å². The van der Waals surface area contributed by atoms with Crippen molar-refractivity contribution in [1.29, 1.82) is 0 Å². The second-order valence-corrected chi connectivity index (χ2v) is 7.41. The van der Waals surface area contributed by atoms with Crippen molar-refractivity contribution in [3.8, 4) is 0 Å². The molecule has 2 N–H and O–H groups in total. The Bertz CT molecular complexity index is 617. The molecule has 0 aromatic heterocycles. The summed E-state index contributed by atoms with van der Waals surface area (Å²) < 4.78 is 38.3. The third-order valence-corrected chi connectivity index (χ3v) is 3.48. The molecule has 2 aromatic carbocycles. The Morgan fingerprint density at radius 2 is 1.04 bits per heavy atom. The van der Waals surface area contributed by atoms with E-state index in [0.29, 0.717) is 10.2 Å². The fraction of sp³-hybridized carbons (Fsp3) is 0.368. The molecule has 7 heteroatoms. The van der Waals surface area contributed by atoms with Crippen molar-refractivity contribution in [2.24, 2.45) is 0 Å². The molecular weight excluding hydrogens is 345 g/mol. The van der Waals surface area contributed by atoms with Crippen LogP contribution in [0.2, 0.25) is 0 Å². The molecule has 0 aliphatic heterocycles. The molecular formula is C19H29F3N2O2. The molecule has 0 unspecified atom stereocenters. The Kier molecular flexibility index (Phi) is 9.79. The quantitative estimate of drug-likeness (QED) is 0.730. The monoisotopic (exact) mass is 374 g/mol. The molecule has 148 valence electrons. The molecule has 0 atom stereocenters. The molecule has 0 fully saturated rings. The molecule has 0 aliphatic rings. The van der Waals surface area contributed by atoms with E-state index in [0.717, 1.165) is 10.5 Å². The van der Waals surface area contributed by atoms with Gasteiger partial charge in [-0.25, -0.2) is 0 Å². The van der Waals surface area contributed by atoms with Gasteiger partial charge in [0, 0.05) is 6.07 Å². The number of alkyl halides is 3. The SMILES string of the molecule is C[N+](C)(C)c1cccc(C(F)(F)F)c1.C[N+](C)(C)c1ccccc1.[OH-].[OH-]. The van der Waals surface area contributed by atoms with Crippen LogP contribution in [-0.2, 0) is 6.18 Å². The fourth-order valence-electron chi connectivity index (χ4n) is 1.97. The second kappa shape index (κ2) is 9.68. The van der Waals surface area contributed by atoms with E-state index >= 15 is 0 Å². The summed E-state index contributed by atoms with van der Waals surface area (Å²) in [5.74, 6) is 0. The van der Waals surface area contributed by atoms with Crippen LogP contribution in [-0.4, -0.2) is 53.2 Å². The summed E-state index contributed by atoms with van der Waals surface area (Å²) in [6.07, 6.45) is -4.26. The highest BCUT2D eigenvalue weighted by Crippen LogP contribution is 2.32. The Hall–Kier alpha value is -1.93. The standard InChI is InChI=1S/C10H13F3N.C9H14N.2H2O/c1-14(2,3)9-6-4-5-8(7-9)10(11,12)13;1-10(2,3)9-7-5-4-6-8-9;;/h4-7H,1-3H3;4-8H,1-3H3;2*1H2/q2*+1;;/p-2. The lowest BCUT2D eigenvalue weighted by Gasteiger charge is -2.24. The Balaban J connectivity index is 0. The van der Waals surface area contributed by atoms with Gasteiger partial charge in [0.1, 0.15) is 11.4 Å². The summed E-state index contributed by atoms with van der Waals surface area (Å²) in [7, 11) is 12.0. The zero-order chi connectivity index (χ0) is 18.6. The van der Waals surface area contributed by atoms with E-state index in [-0.39, 0.29) is 11.0 Å². The smallest absolute Gasteiger partial charge is 0.416 e. The number of benzene rings is 2. The predicted molar refractivity (Wildman–Crippen MR) is 101 cm³/mol. The van der Waals surface area contributed by atoms with E-state index < -0.39 is 11.7 Å². The van der Waals surface area contributed by atoms with Gasteiger partial charge in [-0.3, -0.25) is 8.97 Å². The molecule has 0 amide bonds. The van der Waals surface area contributed by atoms with Crippen molar-refractivity contribution in [3.05, 3.63) is 60.2 Å². The molecule has 0 bridgehead atoms. The van der Waals surface area contributed by atoms with Gasteiger partial charge in [-0.1, -0.05) is 24.3 Å². The zero-order valence-electron chi connectivity index (χ0n) is 16.1. The van der Waals surface area contributed by atoms with E-state index in [9.17, 15) is 13.2 Å². The van der Waals surface area contributed by atoms with Gasteiger partial charge in [-0.15, -0.1) is 0 Å². The highest BCUT2D eigenvalue weighted by molar-refractivity contribution is 5.44. The van der Waals surface area contributed by atoms with Crippen LogP contribution < -0.4 is 8.97 Å². The Morgan fingerprint density at radius 1 is 0.615 bits per heavy atom. The average Bonchev–Trinajstić information content (AvgIpc) is 2.46. The van der Waals surface area contributed by atoms with Gasteiger partial charge in [0.25, 0.3) is 0 Å². The average molecular weight is 374 g/mol. The van der Waals surface area contributed by atoms with E-state index in [4.69, 9.17) is 0 Å². The lowest BCUT2D eigenvalue weighted by molar-refractivity contribution is -0.137. The number of nitrogens with zero attached hydrogens (tertiary/aromatic N) is 2. The minimum atomic E-state index is -4.26. The molecule has 0 radical (unpaired) electrons. The van der Waals surface area contributed by atoms with Gasteiger partial charge in [0.05, 0.1) is 47.8 Å². The molecule has 4 nitrogen and oxygen atoms in total. The summed E-state index contributed by atoms with van der Waals surface area (Å²) in [4.78, 5) is 0. The van der Waals surface area contributed by atoms with Crippen molar-refractivity contribution >= 4 is 11.4 Å². The highest BCUT2D eigenvalue weighted by atomic mass is 19.4. The topological polar surface area (TPSA) is 60.0 Å². The predicted octanol–water partition coefficient (Wildman–Crippen LogP) is 4.43. The maximum absolute atomic E-state index is 12.3. The van der Waals surface area contributed by atoms with Crippen molar-refractivity contribution in [1.82, 2.24) is 8.97 Å². The highest BCUT2D eigenvalue weighted by Gasteiger charge is 2.31. The number of para-hydroxylation sites is 1. The van der Waals surface area contributed by atoms with Crippen LogP contribution in [0.3, 0.4) is 0 Å². The van der Waals surface area contributed by atoms with Crippen molar-refractivity contribution in [2.45, 2.75) is 6.18 Å². The number of rotatable bonds is 2. The molecule has 2 aromatic rings. The first kappa shape index (κ1) is 26.3. The lowest BCUT2D eigenvalue weighted by Crippen LogP contribution is -2.34. The summed E-state index contributed by atoms with van der Waals surface area (Å²) in [6, 6.07) is 15.8. The van der Waals surface area contributed by atoms with Crippen molar-refractivity contribution in [3.63, 3.8) is 0 Å². The summed E-state index contributed by atoms with van der Waals surface area (Å²) in [5, 5.41) is 0. The maximum Gasteiger partial charge on any atom is 0.416 e. The van der Waals surface area contributed by atoms with Crippen LogP contribution in [0.4, 0.5) is 24.5 Å². The first-order valence-electron chi connectivity index (χ1n) is 7.68. The number of hydrogen-bond acceptors (Lipinski definition) is 2. The van der Waals surface area contributed by atoms with Gasteiger partial charge < -0.3 is 11.0 Å². The largest absolute Gasteiger partial charge is 0.870 e. The van der Waals surface area contributed by atoms with Crippen molar-refractivity contribution in [2.75, 3.05) is 42.3 Å². The first-order chi connectivity index (χ1) is 10.8. The fourth-order valence-corrected chi connectivity index (χ4v) is 1.97. The number of quaternary nitrogens is 2. The molecule has 0 spiro atoms. The molecule has 26 heavy (non-hydrogen) atoms. The zero-order valence-corrected chi connectivity index (χ0v) is 16.1.